The van der Waals surface area contributed by atoms with Crippen LogP contribution in [0.3, 0.4) is 0 Å². The first-order valence-electron chi connectivity index (χ1n) is 10.4. The van der Waals surface area contributed by atoms with Crippen LogP contribution in [-0.4, -0.2) is 60.9 Å². The molecular formula is C20H37N3O2. The minimum absolute atomic E-state index is 0.0501. The Labute approximate surface area is 153 Å². The highest BCUT2D eigenvalue weighted by Crippen LogP contribution is 2.19. The summed E-state index contributed by atoms with van der Waals surface area (Å²) in [5.41, 5.74) is 0. The normalized spacial score (nSPS) is 22.8. The summed E-state index contributed by atoms with van der Waals surface area (Å²) >= 11 is 0. The van der Waals surface area contributed by atoms with Gasteiger partial charge < -0.3 is 10.2 Å². The van der Waals surface area contributed by atoms with Gasteiger partial charge in [-0.05, 0) is 44.6 Å². The zero-order chi connectivity index (χ0) is 18.1. The predicted molar refractivity (Wildman–Crippen MR) is 101 cm³/mol. The largest absolute Gasteiger partial charge is 0.356 e. The Kier molecular flexibility index (Phi) is 8.73. The van der Waals surface area contributed by atoms with Crippen LogP contribution >= 0.6 is 0 Å². The van der Waals surface area contributed by atoms with Crippen LogP contribution in [0.25, 0.3) is 0 Å². The molecule has 2 saturated heterocycles. The predicted octanol–water partition coefficient (Wildman–Crippen LogP) is 2.65. The number of piperidine rings is 2. The van der Waals surface area contributed by atoms with Crippen molar-refractivity contribution in [2.75, 3.05) is 39.3 Å². The molecule has 0 radical (unpaired) electrons. The molecule has 2 aliphatic heterocycles. The number of carbonyl (C=O) groups excluding carboxylic acids is 2. The van der Waals surface area contributed by atoms with Gasteiger partial charge in [0.1, 0.15) is 0 Å². The number of rotatable bonds is 8. The zero-order valence-corrected chi connectivity index (χ0v) is 16.3. The van der Waals surface area contributed by atoms with E-state index in [0.29, 0.717) is 6.54 Å². The molecule has 2 amide bonds. The fraction of sp³-hybridized carbons (Fsp3) is 0.900. The first-order valence-corrected chi connectivity index (χ1v) is 10.4. The van der Waals surface area contributed by atoms with E-state index in [0.717, 1.165) is 70.7 Å². The molecule has 2 aliphatic rings. The summed E-state index contributed by atoms with van der Waals surface area (Å²) in [4.78, 5) is 29.1. The third-order valence-electron chi connectivity index (χ3n) is 5.70. The van der Waals surface area contributed by atoms with Gasteiger partial charge in [0, 0.05) is 26.2 Å². The topological polar surface area (TPSA) is 52.7 Å². The number of unbranched alkanes of at least 4 members (excludes halogenated alkanes) is 3. The highest BCUT2D eigenvalue weighted by atomic mass is 16.2. The van der Waals surface area contributed by atoms with E-state index in [2.05, 4.69) is 24.1 Å². The summed E-state index contributed by atoms with van der Waals surface area (Å²) < 4.78 is 0. The quantitative estimate of drug-likeness (QED) is 0.684. The summed E-state index contributed by atoms with van der Waals surface area (Å²) in [6.45, 7) is 9.20. The van der Waals surface area contributed by atoms with Crippen LogP contribution < -0.4 is 5.32 Å². The van der Waals surface area contributed by atoms with Gasteiger partial charge in [0.15, 0.2) is 0 Å². The van der Waals surface area contributed by atoms with E-state index in [-0.39, 0.29) is 17.7 Å². The summed E-state index contributed by atoms with van der Waals surface area (Å²) in [7, 11) is 0. The lowest BCUT2D eigenvalue weighted by Gasteiger charge is -2.35. The average Bonchev–Trinajstić information content (AvgIpc) is 2.62. The summed E-state index contributed by atoms with van der Waals surface area (Å²) in [5.74, 6) is 1.21. The van der Waals surface area contributed by atoms with Crippen LogP contribution in [0.4, 0.5) is 0 Å². The van der Waals surface area contributed by atoms with Crippen molar-refractivity contribution in [3.8, 4) is 0 Å². The van der Waals surface area contributed by atoms with Gasteiger partial charge in [-0.25, -0.2) is 0 Å². The van der Waals surface area contributed by atoms with E-state index in [1.54, 1.807) is 0 Å². The first-order chi connectivity index (χ1) is 12.1. The minimum Gasteiger partial charge on any atom is -0.356 e. The average molecular weight is 352 g/mol. The Morgan fingerprint density at radius 3 is 2.52 bits per heavy atom. The van der Waals surface area contributed by atoms with Crippen LogP contribution in [0.15, 0.2) is 0 Å². The van der Waals surface area contributed by atoms with Crippen LogP contribution in [0.2, 0.25) is 0 Å². The Morgan fingerprint density at radius 1 is 1.04 bits per heavy atom. The van der Waals surface area contributed by atoms with E-state index >= 15 is 0 Å². The Hall–Kier alpha value is -1.10. The lowest BCUT2D eigenvalue weighted by atomic mass is 9.96. The molecule has 0 saturated carbocycles. The Balaban J connectivity index is 1.69. The summed E-state index contributed by atoms with van der Waals surface area (Å²) in [5, 5.41) is 3.09. The molecule has 2 rings (SSSR count). The van der Waals surface area contributed by atoms with Gasteiger partial charge >= 0.3 is 0 Å². The van der Waals surface area contributed by atoms with Gasteiger partial charge in [0.25, 0.3) is 0 Å². The second kappa shape index (κ2) is 10.8. The van der Waals surface area contributed by atoms with Gasteiger partial charge in [-0.1, -0.05) is 33.1 Å². The number of hydrogen-bond donors (Lipinski definition) is 1. The molecule has 0 aromatic carbocycles. The van der Waals surface area contributed by atoms with Crippen molar-refractivity contribution in [2.45, 2.75) is 65.2 Å². The van der Waals surface area contributed by atoms with Crippen molar-refractivity contribution >= 4 is 11.8 Å². The summed E-state index contributed by atoms with van der Waals surface area (Å²) in [6.07, 6.45) is 8.92. The minimum atomic E-state index is 0.0501. The van der Waals surface area contributed by atoms with Crippen molar-refractivity contribution in [1.82, 2.24) is 15.1 Å². The summed E-state index contributed by atoms with van der Waals surface area (Å²) in [6, 6.07) is 0. The fourth-order valence-corrected chi connectivity index (χ4v) is 3.87. The maximum absolute atomic E-state index is 12.5. The van der Waals surface area contributed by atoms with E-state index < -0.39 is 0 Å². The molecule has 1 unspecified atom stereocenters. The highest BCUT2D eigenvalue weighted by Gasteiger charge is 2.28. The van der Waals surface area contributed by atoms with Crippen molar-refractivity contribution in [3.63, 3.8) is 0 Å². The second-order valence-corrected chi connectivity index (χ2v) is 7.99. The molecule has 0 aliphatic carbocycles. The number of likely N-dealkylation sites (tertiary alicyclic amines) is 2. The molecule has 2 fully saturated rings. The van der Waals surface area contributed by atoms with Crippen LogP contribution in [0.1, 0.15) is 65.2 Å². The van der Waals surface area contributed by atoms with Gasteiger partial charge in [-0.3, -0.25) is 14.5 Å². The third kappa shape index (κ3) is 6.96. The Morgan fingerprint density at radius 2 is 1.80 bits per heavy atom. The molecule has 0 aromatic rings. The second-order valence-electron chi connectivity index (χ2n) is 7.99. The highest BCUT2D eigenvalue weighted by molar-refractivity contribution is 5.80. The van der Waals surface area contributed by atoms with Gasteiger partial charge in [0.05, 0.1) is 12.5 Å². The van der Waals surface area contributed by atoms with Crippen LogP contribution in [0.5, 0.6) is 0 Å². The van der Waals surface area contributed by atoms with Crippen molar-refractivity contribution < 1.29 is 9.59 Å². The van der Waals surface area contributed by atoms with Crippen LogP contribution in [0, 0.1) is 11.8 Å². The van der Waals surface area contributed by atoms with E-state index in [1.807, 2.05) is 4.90 Å². The molecule has 144 valence electrons. The number of nitrogens with zero attached hydrogens (tertiary/aromatic N) is 2. The van der Waals surface area contributed by atoms with Gasteiger partial charge in [0.2, 0.25) is 11.8 Å². The van der Waals surface area contributed by atoms with Gasteiger partial charge in [-0.2, -0.15) is 0 Å². The molecule has 0 aromatic heterocycles. The van der Waals surface area contributed by atoms with E-state index in [1.165, 1.54) is 19.3 Å². The monoisotopic (exact) mass is 351 g/mol. The zero-order valence-electron chi connectivity index (χ0n) is 16.3. The number of hydrogen-bond acceptors (Lipinski definition) is 3. The Bertz CT molecular complexity index is 419. The maximum atomic E-state index is 12.5. The number of amides is 2. The molecule has 5 nitrogen and oxygen atoms in total. The lowest BCUT2D eigenvalue weighted by Crippen LogP contribution is -2.48. The molecule has 2 heterocycles. The van der Waals surface area contributed by atoms with E-state index in [9.17, 15) is 9.59 Å². The van der Waals surface area contributed by atoms with Crippen LogP contribution in [-0.2, 0) is 9.59 Å². The molecular weight excluding hydrogens is 314 g/mol. The standard InChI is InChI=1S/C20H37N3O2/c1-3-4-5-6-11-21-20(25)18-8-7-12-22(15-18)16-19(24)23-13-9-17(2)10-14-23/h17-18H,3-16H2,1-2H3,(H,21,25). The van der Waals surface area contributed by atoms with Crippen molar-refractivity contribution in [2.24, 2.45) is 11.8 Å². The molecule has 0 bridgehead atoms. The number of carbonyl (C=O) groups is 2. The third-order valence-corrected chi connectivity index (χ3v) is 5.70. The lowest BCUT2D eigenvalue weighted by molar-refractivity contribution is -0.135. The molecule has 25 heavy (non-hydrogen) atoms. The molecule has 0 spiro atoms. The maximum Gasteiger partial charge on any atom is 0.236 e. The SMILES string of the molecule is CCCCCCNC(=O)C1CCCN(CC(=O)N2CCC(C)CC2)C1. The van der Waals surface area contributed by atoms with E-state index in [4.69, 9.17) is 0 Å². The smallest absolute Gasteiger partial charge is 0.236 e. The van der Waals surface area contributed by atoms with Gasteiger partial charge in [-0.15, -0.1) is 0 Å². The molecule has 1 N–H and O–H groups in total. The molecule has 5 heteroatoms. The number of nitrogens with one attached hydrogen (secondary N) is 1. The fourth-order valence-electron chi connectivity index (χ4n) is 3.87. The molecule has 1 atom stereocenters. The van der Waals surface area contributed by atoms with Crippen molar-refractivity contribution in [3.05, 3.63) is 0 Å². The first kappa shape index (κ1) is 20.2. The van der Waals surface area contributed by atoms with Crippen molar-refractivity contribution in [1.29, 1.82) is 0 Å².